The molecule has 0 heterocycles. The van der Waals surface area contributed by atoms with Crippen molar-refractivity contribution in [1.29, 1.82) is 10.5 Å². The van der Waals surface area contributed by atoms with E-state index in [0.29, 0.717) is 5.56 Å². The molecule has 0 radical (unpaired) electrons. The summed E-state index contributed by atoms with van der Waals surface area (Å²) < 4.78 is -1.82. The van der Waals surface area contributed by atoms with Gasteiger partial charge in [-0.15, -0.1) is 0 Å². The molecule has 16 heavy (non-hydrogen) atoms. The van der Waals surface area contributed by atoms with Crippen LogP contribution in [0.4, 0.5) is 0 Å². The first-order valence-corrected chi connectivity index (χ1v) is 5.11. The number of hydrogen-bond acceptors (Lipinski definition) is 3. The number of Topliss-reactive ketones (excluding diaryl/α,β-unsaturated/α-hetero) is 1. The third-order valence-electron chi connectivity index (χ3n) is 2.66. The molecule has 3 nitrogen and oxygen atoms in total. The molecule has 1 aliphatic carbocycles. The fourth-order valence-corrected chi connectivity index (χ4v) is 2.44. The molecule has 0 atom stereocenters. The highest BCUT2D eigenvalue weighted by atomic mass is 35.5. The van der Waals surface area contributed by atoms with Crippen LogP contribution in [0.5, 0.6) is 0 Å². The maximum absolute atomic E-state index is 12.0. The van der Waals surface area contributed by atoms with E-state index in [9.17, 15) is 4.79 Å². The quantitative estimate of drug-likeness (QED) is 0.665. The topological polar surface area (TPSA) is 64.7 Å². The molecule has 0 saturated heterocycles. The second-order valence-corrected chi connectivity index (χ2v) is 4.75. The van der Waals surface area contributed by atoms with E-state index < -0.39 is 15.5 Å². The number of carbonyl (C=O) groups is 1. The number of nitriles is 2. The number of carbonyl (C=O) groups excluding carboxylic acids is 1. The Morgan fingerprint density at radius 1 is 1.12 bits per heavy atom. The molecule has 78 valence electrons. The smallest absolute Gasteiger partial charge is 0.242 e. The zero-order chi connectivity index (χ0) is 12.0. The van der Waals surface area contributed by atoms with Gasteiger partial charge in [-0.1, -0.05) is 47.5 Å². The van der Waals surface area contributed by atoms with Crippen LogP contribution in [-0.2, 0) is 4.33 Å². The van der Waals surface area contributed by atoms with Gasteiger partial charge in [0.25, 0.3) is 0 Å². The molecule has 0 saturated carbocycles. The fraction of sp³-hybridized carbons (Fsp3) is 0.182. The van der Waals surface area contributed by atoms with Gasteiger partial charge in [0.2, 0.25) is 11.2 Å². The Balaban J connectivity index is 2.83. The van der Waals surface area contributed by atoms with Gasteiger partial charge in [0, 0.05) is 11.1 Å². The largest absolute Gasteiger partial charge is 0.291 e. The maximum Gasteiger partial charge on any atom is 0.242 e. The number of benzene rings is 1. The molecule has 0 spiro atoms. The summed E-state index contributed by atoms with van der Waals surface area (Å²) >= 11 is 12.0. The molecule has 0 aliphatic heterocycles. The number of halogens is 2. The van der Waals surface area contributed by atoms with Gasteiger partial charge in [-0.3, -0.25) is 4.79 Å². The molecule has 0 amide bonds. The van der Waals surface area contributed by atoms with Gasteiger partial charge in [-0.25, -0.2) is 0 Å². The molecule has 0 aromatic heterocycles. The number of hydrogen-bond donors (Lipinski definition) is 0. The lowest BCUT2D eigenvalue weighted by atomic mass is 9.86. The third-order valence-corrected chi connectivity index (χ3v) is 3.63. The summed E-state index contributed by atoms with van der Waals surface area (Å²) in [6, 6.07) is 9.61. The predicted octanol–water partition coefficient (Wildman–Crippen LogP) is 2.55. The van der Waals surface area contributed by atoms with Crippen LogP contribution in [0.3, 0.4) is 0 Å². The molecule has 0 bridgehead atoms. The summed E-state index contributed by atoms with van der Waals surface area (Å²) in [5.74, 6) is -0.641. The molecular weight excluding hydrogens is 247 g/mol. The van der Waals surface area contributed by atoms with Crippen LogP contribution < -0.4 is 0 Å². The molecule has 0 N–H and O–H groups in total. The predicted molar refractivity (Wildman–Crippen MR) is 57.8 cm³/mol. The fourth-order valence-electron chi connectivity index (χ4n) is 1.77. The average molecular weight is 251 g/mol. The monoisotopic (exact) mass is 250 g/mol. The summed E-state index contributed by atoms with van der Waals surface area (Å²) in [5, 5.41) is 18.1. The molecule has 0 unspecified atom stereocenters. The van der Waals surface area contributed by atoms with Gasteiger partial charge in [-0.05, 0) is 0 Å². The molecule has 5 heteroatoms. The van der Waals surface area contributed by atoms with Crippen molar-refractivity contribution in [3.05, 3.63) is 35.4 Å². The minimum absolute atomic E-state index is 0.232. The maximum atomic E-state index is 12.0. The first-order valence-electron chi connectivity index (χ1n) is 4.36. The highest BCUT2D eigenvalue weighted by molar-refractivity contribution is 6.52. The number of ketones is 1. The van der Waals surface area contributed by atoms with Crippen molar-refractivity contribution in [1.82, 2.24) is 0 Å². The number of nitrogens with zero attached hydrogens (tertiary/aromatic N) is 2. The van der Waals surface area contributed by atoms with Crippen LogP contribution in [-0.4, -0.2) is 5.78 Å². The molecule has 2 rings (SSSR count). The lowest BCUT2D eigenvalue weighted by Crippen LogP contribution is -2.35. The van der Waals surface area contributed by atoms with Crippen molar-refractivity contribution in [2.24, 2.45) is 5.41 Å². The standard InChI is InChI=1S/C11H4Cl2N2O/c12-11(13)8-4-2-1-3-7(8)9(16)10(11,5-14)6-15/h1-4H. The van der Waals surface area contributed by atoms with Crippen molar-refractivity contribution >= 4 is 29.0 Å². The van der Waals surface area contributed by atoms with E-state index in [-0.39, 0.29) is 5.56 Å². The van der Waals surface area contributed by atoms with E-state index >= 15 is 0 Å². The van der Waals surface area contributed by atoms with E-state index in [1.165, 1.54) is 6.07 Å². The molecular formula is C11H4Cl2N2O. The van der Waals surface area contributed by atoms with Crippen LogP contribution in [0.1, 0.15) is 15.9 Å². The SMILES string of the molecule is N#CC1(C#N)C(=O)c2ccccc2C1(Cl)Cl. The van der Waals surface area contributed by atoms with Gasteiger partial charge in [-0.2, -0.15) is 10.5 Å². The summed E-state index contributed by atoms with van der Waals surface area (Å²) in [6.45, 7) is 0. The third kappa shape index (κ3) is 0.998. The number of alkyl halides is 2. The minimum atomic E-state index is -2.06. The van der Waals surface area contributed by atoms with Crippen LogP contribution >= 0.6 is 23.2 Å². The Morgan fingerprint density at radius 2 is 1.69 bits per heavy atom. The highest BCUT2D eigenvalue weighted by Gasteiger charge is 2.64. The second-order valence-electron chi connectivity index (χ2n) is 3.42. The van der Waals surface area contributed by atoms with Gasteiger partial charge in [0.15, 0.2) is 4.33 Å². The Hall–Kier alpha value is -1.55. The van der Waals surface area contributed by atoms with Crippen LogP contribution in [0.2, 0.25) is 0 Å². The zero-order valence-corrected chi connectivity index (χ0v) is 9.38. The number of rotatable bonds is 0. The lowest BCUT2D eigenvalue weighted by molar-refractivity contribution is 0.0915. The summed E-state index contributed by atoms with van der Waals surface area (Å²) in [7, 11) is 0. The van der Waals surface area contributed by atoms with E-state index in [4.69, 9.17) is 33.7 Å². The van der Waals surface area contributed by atoms with Crippen molar-refractivity contribution in [2.45, 2.75) is 4.33 Å². The molecule has 1 aromatic rings. The average Bonchev–Trinajstić information content (AvgIpc) is 2.46. The van der Waals surface area contributed by atoms with Gasteiger partial charge < -0.3 is 0 Å². The van der Waals surface area contributed by atoms with Gasteiger partial charge in [0.05, 0.1) is 12.1 Å². The van der Waals surface area contributed by atoms with Gasteiger partial charge in [0.1, 0.15) is 0 Å². The summed E-state index contributed by atoms with van der Waals surface area (Å²) in [5.41, 5.74) is -1.51. The van der Waals surface area contributed by atoms with Crippen molar-refractivity contribution in [2.75, 3.05) is 0 Å². The first-order chi connectivity index (χ1) is 7.51. The summed E-state index contributed by atoms with van der Waals surface area (Å²) in [4.78, 5) is 12.0. The van der Waals surface area contributed by atoms with Crippen molar-refractivity contribution in [3.8, 4) is 12.1 Å². The van der Waals surface area contributed by atoms with Crippen LogP contribution in [0.15, 0.2) is 24.3 Å². The highest BCUT2D eigenvalue weighted by Crippen LogP contribution is 2.56. The van der Waals surface area contributed by atoms with E-state index in [1.807, 2.05) is 0 Å². The summed E-state index contributed by atoms with van der Waals surface area (Å²) in [6.07, 6.45) is 0. The first kappa shape index (κ1) is 11.0. The van der Waals surface area contributed by atoms with Crippen LogP contribution in [0.25, 0.3) is 0 Å². The molecule has 1 aliphatic rings. The Bertz CT molecular complexity index is 552. The second kappa shape index (κ2) is 3.22. The van der Waals surface area contributed by atoms with Gasteiger partial charge >= 0.3 is 0 Å². The van der Waals surface area contributed by atoms with Crippen molar-refractivity contribution in [3.63, 3.8) is 0 Å². The van der Waals surface area contributed by atoms with E-state index in [2.05, 4.69) is 0 Å². The number of fused-ring (bicyclic) bond motifs is 1. The Labute approximate surface area is 102 Å². The van der Waals surface area contributed by atoms with E-state index in [1.54, 1.807) is 30.3 Å². The Kier molecular flexibility index (Phi) is 2.20. The minimum Gasteiger partial charge on any atom is -0.291 e. The van der Waals surface area contributed by atoms with Crippen molar-refractivity contribution < 1.29 is 4.79 Å². The zero-order valence-electron chi connectivity index (χ0n) is 7.87. The lowest BCUT2D eigenvalue weighted by Gasteiger charge is -2.22. The van der Waals surface area contributed by atoms with Crippen LogP contribution in [0, 0.1) is 28.1 Å². The van der Waals surface area contributed by atoms with E-state index in [0.717, 1.165) is 0 Å². The molecule has 1 aromatic carbocycles. The normalized spacial score (nSPS) is 19.6. The molecule has 0 fully saturated rings. The Morgan fingerprint density at radius 3 is 2.19 bits per heavy atom.